The smallest absolute Gasteiger partial charge is 0.252 e. The van der Waals surface area contributed by atoms with Crippen LogP contribution in [0.15, 0.2) is 24.3 Å². The van der Waals surface area contributed by atoms with Crippen molar-refractivity contribution in [3.05, 3.63) is 29.8 Å². The van der Waals surface area contributed by atoms with Crippen molar-refractivity contribution in [2.45, 2.75) is 44.8 Å². The second kappa shape index (κ2) is 6.48. The lowest BCUT2D eigenvalue weighted by molar-refractivity contribution is -0.163. The molecule has 118 valence electrons. The molecule has 0 spiro atoms. The number of nitrogens with zero attached hydrogens (tertiary/aromatic N) is 1. The average molecular weight is 302 g/mol. The summed E-state index contributed by atoms with van der Waals surface area (Å²) in [7, 11) is 0. The van der Waals surface area contributed by atoms with Crippen molar-refractivity contribution < 1.29 is 14.3 Å². The molecule has 3 rings (SSSR count). The molecule has 0 radical (unpaired) electrons. The van der Waals surface area contributed by atoms with Crippen LogP contribution in [0.2, 0.25) is 0 Å². The van der Waals surface area contributed by atoms with E-state index in [0.29, 0.717) is 6.61 Å². The first-order valence-electron chi connectivity index (χ1n) is 7.92. The highest BCUT2D eigenvalue weighted by atomic mass is 16.5. The van der Waals surface area contributed by atoms with Crippen molar-refractivity contribution in [1.29, 1.82) is 0 Å². The first kappa shape index (κ1) is 15.0. The van der Waals surface area contributed by atoms with Crippen molar-refractivity contribution in [3.63, 3.8) is 0 Å². The number of nitrogens with one attached hydrogen (secondary N) is 1. The van der Waals surface area contributed by atoms with E-state index >= 15 is 0 Å². The first-order valence-corrected chi connectivity index (χ1v) is 7.92. The number of benzene rings is 1. The predicted octanol–water partition coefficient (Wildman–Crippen LogP) is 2.10. The van der Waals surface area contributed by atoms with Crippen LogP contribution in [0.5, 0.6) is 0 Å². The van der Waals surface area contributed by atoms with E-state index in [4.69, 9.17) is 4.74 Å². The van der Waals surface area contributed by atoms with Gasteiger partial charge in [-0.05, 0) is 38.3 Å². The van der Waals surface area contributed by atoms with Crippen molar-refractivity contribution >= 4 is 17.5 Å². The molecule has 2 amide bonds. The Morgan fingerprint density at radius 1 is 1.32 bits per heavy atom. The number of ether oxygens (including phenoxy) is 1. The SMILES string of the molecule is Cc1ccc(NC(=O)C[C@@H]2OC[C@H]3CCCCN3C2=O)cc1. The number of morpholine rings is 1. The quantitative estimate of drug-likeness (QED) is 0.930. The number of fused-ring (bicyclic) bond motifs is 1. The zero-order valence-electron chi connectivity index (χ0n) is 12.9. The van der Waals surface area contributed by atoms with E-state index in [1.165, 1.54) is 0 Å². The van der Waals surface area contributed by atoms with Crippen LogP contribution in [0.4, 0.5) is 5.69 Å². The zero-order chi connectivity index (χ0) is 15.5. The highest BCUT2D eigenvalue weighted by Crippen LogP contribution is 2.24. The number of hydrogen-bond donors (Lipinski definition) is 1. The van der Waals surface area contributed by atoms with Gasteiger partial charge in [0.05, 0.1) is 19.1 Å². The van der Waals surface area contributed by atoms with Crippen LogP contribution < -0.4 is 5.32 Å². The Morgan fingerprint density at radius 3 is 2.86 bits per heavy atom. The van der Waals surface area contributed by atoms with Gasteiger partial charge in [-0.1, -0.05) is 17.7 Å². The molecule has 5 nitrogen and oxygen atoms in total. The van der Waals surface area contributed by atoms with Gasteiger partial charge in [-0.25, -0.2) is 0 Å². The summed E-state index contributed by atoms with van der Waals surface area (Å²) in [5.41, 5.74) is 1.88. The zero-order valence-corrected chi connectivity index (χ0v) is 12.9. The first-order chi connectivity index (χ1) is 10.6. The monoisotopic (exact) mass is 302 g/mol. The van der Waals surface area contributed by atoms with Gasteiger partial charge in [-0.3, -0.25) is 9.59 Å². The normalized spacial score (nSPS) is 24.8. The highest BCUT2D eigenvalue weighted by molar-refractivity contribution is 5.95. The summed E-state index contributed by atoms with van der Waals surface area (Å²) in [5.74, 6) is -0.215. The molecule has 0 unspecified atom stereocenters. The van der Waals surface area contributed by atoms with Crippen LogP contribution in [0.3, 0.4) is 0 Å². The lowest BCUT2D eigenvalue weighted by atomic mass is 9.99. The topological polar surface area (TPSA) is 58.6 Å². The fourth-order valence-electron chi connectivity index (χ4n) is 3.11. The predicted molar refractivity (Wildman–Crippen MR) is 83.5 cm³/mol. The Labute approximate surface area is 130 Å². The van der Waals surface area contributed by atoms with Crippen LogP contribution in [0.1, 0.15) is 31.2 Å². The van der Waals surface area contributed by atoms with Gasteiger partial charge >= 0.3 is 0 Å². The minimum absolute atomic E-state index is 0.0324. The maximum atomic E-state index is 12.4. The molecule has 2 fully saturated rings. The van der Waals surface area contributed by atoms with Gasteiger partial charge in [0.2, 0.25) is 5.91 Å². The van der Waals surface area contributed by atoms with Gasteiger partial charge in [0.25, 0.3) is 5.91 Å². The molecule has 2 aliphatic heterocycles. The lowest BCUT2D eigenvalue weighted by Gasteiger charge is -2.41. The number of carbonyl (C=O) groups is 2. The molecular formula is C17H22N2O3. The number of anilines is 1. The number of rotatable bonds is 3. The highest BCUT2D eigenvalue weighted by Gasteiger charge is 2.38. The molecule has 2 atom stereocenters. The molecule has 5 heteroatoms. The largest absolute Gasteiger partial charge is 0.366 e. The Hall–Kier alpha value is -1.88. The van der Waals surface area contributed by atoms with E-state index in [2.05, 4.69) is 5.32 Å². The number of hydrogen-bond acceptors (Lipinski definition) is 3. The van der Waals surface area contributed by atoms with Gasteiger partial charge in [-0.15, -0.1) is 0 Å². The summed E-state index contributed by atoms with van der Waals surface area (Å²) >= 11 is 0. The number of aryl methyl sites for hydroxylation is 1. The molecule has 1 aromatic rings. The lowest BCUT2D eigenvalue weighted by Crippen LogP contribution is -2.56. The Bertz CT molecular complexity index is 556. The molecule has 0 aromatic heterocycles. The molecule has 2 aliphatic rings. The number of amides is 2. The van der Waals surface area contributed by atoms with E-state index in [0.717, 1.165) is 37.1 Å². The van der Waals surface area contributed by atoms with Crippen molar-refractivity contribution in [1.82, 2.24) is 4.90 Å². The third-order valence-electron chi connectivity index (χ3n) is 4.38. The summed E-state index contributed by atoms with van der Waals surface area (Å²) in [4.78, 5) is 26.4. The van der Waals surface area contributed by atoms with E-state index in [1.54, 1.807) is 0 Å². The fourth-order valence-corrected chi connectivity index (χ4v) is 3.11. The van der Waals surface area contributed by atoms with Crippen LogP contribution in [0.25, 0.3) is 0 Å². The molecule has 2 saturated heterocycles. The second-order valence-corrected chi connectivity index (χ2v) is 6.12. The van der Waals surface area contributed by atoms with Crippen molar-refractivity contribution in [3.8, 4) is 0 Å². The summed E-state index contributed by atoms with van der Waals surface area (Å²) < 4.78 is 5.64. The van der Waals surface area contributed by atoms with Gasteiger partial charge in [0.15, 0.2) is 0 Å². The standard InChI is InChI=1S/C17H22N2O3/c1-12-5-7-13(8-6-12)18-16(20)10-15-17(21)19-9-3-2-4-14(19)11-22-15/h5-8,14-15H,2-4,9-11H2,1H3,(H,18,20)/t14-,15+/m1/s1. The fraction of sp³-hybridized carbons (Fsp3) is 0.529. The molecule has 1 N–H and O–H groups in total. The second-order valence-electron chi connectivity index (χ2n) is 6.12. The third kappa shape index (κ3) is 3.30. The maximum Gasteiger partial charge on any atom is 0.252 e. The summed E-state index contributed by atoms with van der Waals surface area (Å²) in [5, 5.41) is 2.82. The molecule has 22 heavy (non-hydrogen) atoms. The van der Waals surface area contributed by atoms with E-state index in [9.17, 15) is 9.59 Å². The molecule has 0 aliphatic carbocycles. The van der Waals surface area contributed by atoms with Crippen LogP contribution in [-0.4, -0.2) is 42.0 Å². The van der Waals surface area contributed by atoms with Crippen LogP contribution in [0, 0.1) is 6.92 Å². The minimum Gasteiger partial charge on any atom is -0.366 e. The number of carbonyl (C=O) groups excluding carboxylic acids is 2. The van der Waals surface area contributed by atoms with Crippen LogP contribution >= 0.6 is 0 Å². The van der Waals surface area contributed by atoms with E-state index in [-0.39, 0.29) is 24.3 Å². The average Bonchev–Trinajstić information content (AvgIpc) is 2.53. The Kier molecular flexibility index (Phi) is 4.43. The van der Waals surface area contributed by atoms with Gasteiger partial charge in [0, 0.05) is 12.2 Å². The van der Waals surface area contributed by atoms with Crippen LogP contribution in [-0.2, 0) is 14.3 Å². The van der Waals surface area contributed by atoms with E-state index in [1.807, 2.05) is 36.1 Å². The molecule has 1 aromatic carbocycles. The molecule has 0 saturated carbocycles. The van der Waals surface area contributed by atoms with E-state index < -0.39 is 6.10 Å². The maximum absolute atomic E-state index is 12.4. The van der Waals surface area contributed by atoms with Gasteiger partial charge in [0.1, 0.15) is 6.10 Å². The third-order valence-corrected chi connectivity index (χ3v) is 4.38. The van der Waals surface area contributed by atoms with Gasteiger partial charge < -0.3 is 15.0 Å². The van der Waals surface area contributed by atoms with Gasteiger partial charge in [-0.2, -0.15) is 0 Å². The summed E-state index contributed by atoms with van der Waals surface area (Å²) in [6, 6.07) is 7.80. The van der Waals surface area contributed by atoms with Crippen molar-refractivity contribution in [2.24, 2.45) is 0 Å². The number of piperidine rings is 1. The van der Waals surface area contributed by atoms with Crippen molar-refractivity contribution in [2.75, 3.05) is 18.5 Å². The molecule has 0 bridgehead atoms. The minimum atomic E-state index is -0.639. The molecular weight excluding hydrogens is 280 g/mol. The Morgan fingerprint density at radius 2 is 2.09 bits per heavy atom. The summed E-state index contributed by atoms with van der Waals surface area (Å²) in [6.45, 7) is 3.34. The molecule has 2 heterocycles. The summed E-state index contributed by atoms with van der Waals surface area (Å²) in [6.07, 6.45) is 2.64. The Balaban J connectivity index is 1.57.